The highest BCUT2D eigenvalue weighted by Gasteiger charge is 2.36. The second-order valence-electron chi connectivity index (χ2n) is 5.51. The van der Waals surface area contributed by atoms with E-state index in [0.29, 0.717) is 32.3 Å². The summed E-state index contributed by atoms with van der Waals surface area (Å²) in [6.07, 6.45) is 4.91. The molecule has 0 spiro atoms. The molecular formula is C13H21N3O3. The van der Waals surface area contributed by atoms with Gasteiger partial charge in [0.05, 0.1) is 19.3 Å². The van der Waals surface area contributed by atoms with Crippen molar-refractivity contribution in [2.24, 2.45) is 0 Å². The van der Waals surface area contributed by atoms with Crippen LogP contribution in [-0.4, -0.2) is 66.7 Å². The Balaban J connectivity index is 1.61. The van der Waals surface area contributed by atoms with Gasteiger partial charge in [-0.25, -0.2) is 4.79 Å². The first kappa shape index (κ1) is 12.9. The van der Waals surface area contributed by atoms with Gasteiger partial charge in [-0.2, -0.15) is 0 Å². The van der Waals surface area contributed by atoms with Crippen molar-refractivity contribution in [3.8, 4) is 0 Å². The molecule has 1 N–H and O–H groups in total. The van der Waals surface area contributed by atoms with Gasteiger partial charge in [-0.1, -0.05) is 12.8 Å². The Morgan fingerprint density at radius 3 is 2.95 bits per heavy atom. The molecule has 6 nitrogen and oxygen atoms in total. The number of nitrogens with zero attached hydrogens (tertiary/aromatic N) is 2. The third-order valence-corrected chi connectivity index (χ3v) is 4.34. The minimum Gasteiger partial charge on any atom is -0.375 e. The molecule has 0 bridgehead atoms. The van der Waals surface area contributed by atoms with Crippen LogP contribution in [0, 0.1) is 0 Å². The lowest BCUT2D eigenvalue weighted by Crippen LogP contribution is -2.55. The summed E-state index contributed by atoms with van der Waals surface area (Å²) in [4.78, 5) is 27.2. The van der Waals surface area contributed by atoms with Gasteiger partial charge >= 0.3 is 6.03 Å². The summed E-state index contributed by atoms with van der Waals surface area (Å²) in [6.45, 7) is 2.90. The van der Waals surface area contributed by atoms with Gasteiger partial charge in [0.1, 0.15) is 0 Å². The molecule has 1 aliphatic carbocycles. The molecule has 2 atom stereocenters. The van der Waals surface area contributed by atoms with Gasteiger partial charge in [-0.15, -0.1) is 0 Å². The van der Waals surface area contributed by atoms with E-state index < -0.39 is 0 Å². The van der Waals surface area contributed by atoms with Crippen LogP contribution in [0.5, 0.6) is 0 Å². The van der Waals surface area contributed by atoms with Gasteiger partial charge < -0.3 is 10.1 Å². The summed E-state index contributed by atoms with van der Waals surface area (Å²) in [5.41, 5.74) is 0. The molecule has 6 heteroatoms. The number of hydrogen-bond donors (Lipinski definition) is 1. The first-order valence-corrected chi connectivity index (χ1v) is 7.19. The number of nitrogens with one attached hydrogen (secondary N) is 1. The molecule has 19 heavy (non-hydrogen) atoms. The number of urea groups is 1. The van der Waals surface area contributed by atoms with E-state index in [1.165, 1.54) is 17.7 Å². The zero-order valence-corrected chi connectivity index (χ0v) is 11.1. The highest BCUT2D eigenvalue weighted by atomic mass is 16.5. The Morgan fingerprint density at radius 1 is 1.32 bits per heavy atom. The lowest BCUT2D eigenvalue weighted by molar-refractivity contribution is -0.135. The van der Waals surface area contributed by atoms with Gasteiger partial charge in [-0.05, 0) is 12.8 Å². The van der Waals surface area contributed by atoms with E-state index in [1.807, 2.05) is 0 Å². The maximum atomic E-state index is 12.2. The Hall–Kier alpha value is -1.14. The summed E-state index contributed by atoms with van der Waals surface area (Å²) in [6, 6.07) is 0.107. The molecule has 3 fully saturated rings. The van der Waals surface area contributed by atoms with Crippen LogP contribution < -0.4 is 5.32 Å². The number of hydrogen-bond acceptors (Lipinski definition) is 4. The first-order valence-electron chi connectivity index (χ1n) is 7.19. The maximum Gasteiger partial charge on any atom is 0.324 e. The lowest BCUT2D eigenvalue weighted by Gasteiger charge is -2.43. The number of carbonyl (C=O) groups excluding carboxylic acids is 2. The molecule has 2 heterocycles. The van der Waals surface area contributed by atoms with Gasteiger partial charge in [-0.3, -0.25) is 14.6 Å². The molecule has 2 aliphatic heterocycles. The molecule has 0 radical (unpaired) electrons. The average Bonchev–Trinajstić information content (AvgIpc) is 2.85. The molecule has 0 aromatic carbocycles. The molecular weight excluding hydrogens is 246 g/mol. The van der Waals surface area contributed by atoms with Crippen molar-refractivity contribution < 1.29 is 14.3 Å². The van der Waals surface area contributed by atoms with Crippen LogP contribution in [0.15, 0.2) is 0 Å². The predicted molar refractivity (Wildman–Crippen MR) is 68.7 cm³/mol. The lowest BCUT2D eigenvalue weighted by atomic mass is 9.90. The highest BCUT2D eigenvalue weighted by molar-refractivity contribution is 5.96. The normalized spacial score (nSPS) is 32.0. The molecule has 0 unspecified atom stereocenters. The monoisotopic (exact) mass is 267 g/mol. The van der Waals surface area contributed by atoms with Crippen LogP contribution in [0.2, 0.25) is 0 Å². The van der Waals surface area contributed by atoms with E-state index in [4.69, 9.17) is 4.74 Å². The number of rotatable bonds is 2. The number of morpholine rings is 1. The summed E-state index contributed by atoms with van der Waals surface area (Å²) in [5, 5.41) is 2.67. The molecule has 1 saturated carbocycles. The summed E-state index contributed by atoms with van der Waals surface area (Å²) < 4.78 is 5.79. The van der Waals surface area contributed by atoms with Crippen molar-refractivity contribution in [2.45, 2.75) is 37.8 Å². The third kappa shape index (κ3) is 2.60. The topological polar surface area (TPSA) is 61.9 Å². The fourth-order valence-electron chi connectivity index (χ4n) is 3.34. The maximum absolute atomic E-state index is 12.2. The third-order valence-electron chi connectivity index (χ3n) is 4.34. The second kappa shape index (κ2) is 5.46. The molecule has 3 aliphatic rings. The molecule has 0 aromatic heterocycles. The second-order valence-corrected chi connectivity index (χ2v) is 5.51. The first-order chi connectivity index (χ1) is 9.25. The van der Waals surface area contributed by atoms with Crippen LogP contribution in [0.4, 0.5) is 4.79 Å². The van der Waals surface area contributed by atoms with Crippen LogP contribution in [0.1, 0.15) is 25.7 Å². The molecule has 0 aromatic rings. The smallest absolute Gasteiger partial charge is 0.324 e. The van der Waals surface area contributed by atoms with E-state index in [0.717, 1.165) is 19.4 Å². The van der Waals surface area contributed by atoms with Crippen molar-refractivity contribution in [3.05, 3.63) is 0 Å². The highest BCUT2D eigenvalue weighted by Crippen LogP contribution is 2.28. The molecule has 2 saturated heterocycles. The van der Waals surface area contributed by atoms with Crippen LogP contribution >= 0.6 is 0 Å². The summed E-state index contributed by atoms with van der Waals surface area (Å²) in [5.74, 6) is -0.0822. The van der Waals surface area contributed by atoms with Crippen molar-refractivity contribution >= 4 is 11.9 Å². The van der Waals surface area contributed by atoms with Crippen molar-refractivity contribution in [2.75, 3.05) is 32.8 Å². The van der Waals surface area contributed by atoms with Gasteiger partial charge in [0, 0.05) is 25.7 Å². The quantitative estimate of drug-likeness (QED) is 0.775. The van der Waals surface area contributed by atoms with Crippen LogP contribution in [0.3, 0.4) is 0 Å². The average molecular weight is 267 g/mol. The van der Waals surface area contributed by atoms with Crippen molar-refractivity contribution in [1.82, 2.24) is 15.1 Å². The number of amides is 3. The number of imide groups is 1. The fourth-order valence-corrected chi connectivity index (χ4v) is 3.34. The number of ether oxygens (including phenoxy) is 1. The summed E-state index contributed by atoms with van der Waals surface area (Å²) in [7, 11) is 0. The minimum atomic E-state index is -0.251. The van der Waals surface area contributed by atoms with Crippen molar-refractivity contribution in [3.63, 3.8) is 0 Å². The zero-order chi connectivity index (χ0) is 13.2. The molecule has 3 amide bonds. The number of carbonyl (C=O) groups is 2. The SMILES string of the molecule is O=C(CN1CCO[C@H]2CCCC[C@H]21)N1CCNC1=O. The Morgan fingerprint density at radius 2 is 2.16 bits per heavy atom. The van der Waals surface area contributed by atoms with Gasteiger partial charge in [0.25, 0.3) is 0 Å². The van der Waals surface area contributed by atoms with Crippen LogP contribution in [-0.2, 0) is 9.53 Å². The van der Waals surface area contributed by atoms with E-state index in [1.54, 1.807) is 0 Å². The molecule has 3 rings (SSSR count). The minimum absolute atomic E-state index is 0.0822. The zero-order valence-electron chi connectivity index (χ0n) is 11.1. The fraction of sp³-hybridized carbons (Fsp3) is 0.846. The van der Waals surface area contributed by atoms with E-state index in [2.05, 4.69) is 10.2 Å². The van der Waals surface area contributed by atoms with Crippen LogP contribution in [0.25, 0.3) is 0 Å². The summed E-state index contributed by atoms with van der Waals surface area (Å²) >= 11 is 0. The van der Waals surface area contributed by atoms with Crippen molar-refractivity contribution in [1.29, 1.82) is 0 Å². The van der Waals surface area contributed by atoms with Gasteiger partial charge in [0.2, 0.25) is 5.91 Å². The van der Waals surface area contributed by atoms with E-state index >= 15 is 0 Å². The standard InChI is InChI=1S/C13H21N3O3/c17-12(16-6-5-14-13(16)18)9-15-7-8-19-11-4-2-1-3-10(11)15/h10-11H,1-9H2,(H,14,18)/t10-,11+/m1/s1. The predicted octanol–water partition coefficient (Wildman–Crippen LogP) is 0.182. The number of fused-ring (bicyclic) bond motifs is 1. The van der Waals surface area contributed by atoms with E-state index in [9.17, 15) is 9.59 Å². The van der Waals surface area contributed by atoms with E-state index in [-0.39, 0.29) is 18.0 Å². The largest absolute Gasteiger partial charge is 0.375 e. The van der Waals surface area contributed by atoms with Gasteiger partial charge in [0.15, 0.2) is 0 Å². The Labute approximate surface area is 113 Å². The Kier molecular flexibility index (Phi) is 3.70. The molecule has 106 valence electrons. The Bertz CT molecular complexity index is 372.